The minimum absolute atomic E-state index is 0.00726. The molecule has 4 aliphatic carbocycles. The Balaban J connectivity index is 1.30. The van der Waals surface area contributed by atoms with E-state index in [1.807, 2.05) is 20.8 Å². The number of allylic oxidation sites excluding steroid dienone is 2. The van der Waals surface area contributed by atoms with Crippen LogP contribution in [0.5, 0.6) is 0 Å². The molecule has 6 nitrogen and oxygen atoms in total. The molecule has 0 amide bonds. The summed E-state index contributed by atoms with van der Waals surface area (Å²) in [5.74, 6) is -0.0391. The number of carbonyl (C=O) groups excluding carboxylic acids is 4. The Kier molecular flexibility index (Phi) is 5.80. The Bertz CT molecular complexity index is 1060. The smallest absolute Gasteiger partial charge is 0.309 e. The summed E-state index contributed by atoms with van der Waals surface area (Å²) < 4.78 is 11.9. The number of carbonyl (C=O) groups is 4. The Labute approximate surface area is 213 Å². The number of Topliss-reactive ketones (excluding diaryl/α,β-unsaturated/α-hetero) is 2. The Hall–Kier alpha value is -2.24. The molecule has 6 heteroatoms. The molecule has 0 spiro atoms. The van der Waals surface area contributed by atoms with Gasteiger partial charge in [-0.2, -0.15) is 0 Å². The third-order valence-corrected chi connectivity index (χ3v) is 11.1. The van der Waals surface area contributed by atoms with Crippen LogP contribution in [0.15, 0.2) is 23.8 Å². The maximum Gasteiger partial charge on any atom is 0.309 e. The summed E-state index contributed by atoms with van der Waals surface area (Å²) in [5.41, 5.74) is 2.38. The van der Waals surface area contributed by atoms with Gasteiger partial charge in [0.25, 0.3) is 0 Å². The van der Waals surface area contributed by atoms with Crippen molar-refractivity contribution >= 4 is 23.5 Å². The van der Waals surface area contributed by atoms with E-state index in [0.717, 1.165) is 31.3 Å². The van der Waals surface area contributed by atoms with Crippen LogP contribution in [0.2, 0.25) is 0 Å². The molecule has 0 aromatic rings. The third-order valence-electron chi connectivity index (χ3n) is 11.1. The van der Waals surface area contributed by atoms with Crippen LogP contribution >= 0.6 is 0 Å². The first-order chi connectivity index (χ1) is 17.2. The molecular formula is C30H38O6. The molecule has 0 unspecified atom stereocenters. The summed E-state index contributed by atoms with van der Waals surface area (Å²) in [6.07, 6.45) is 6.84. The van der Waals surface area contributed by atoms with Crippen molar-refractivity contribution < 1.29 is 28.7 Å². The van der Waals surface area contributed by atoms with Crippen LogP contribution < -0.4 is 0 Å². The normalized spacial score (nSPS) is 49.2. The lowest BCUT2D eigenvalue weighted by molar-refractivity contribution is -0.147. The molecule has 2 aliphatic heterocycles. The predicted molar refractivity (Wildman–Crippen MR) is 131 cm³/mol. The van der Waals surface area contributed by atoms with Crippen molar-refractivity contribution in [2.45, 2.75) is 77.9 Å². The van der Waals surface area contributed by atoms with Crippen molar-refractivity contribution in [3.05, 3.63) is 23.8 Å². The fourth-order valence-corrected chi connectivity index (χ4v) is 8.83. The lowest BCUT2D eigenvalue weighted by Gasteiger charge is -2.30. The monoisotopic (exact) mass is 494 g/mol. The minimum atomic E-state index is -0.253. The van der Waals surface area contributed by atoms with E-state index >= 15 is 0 Å². The first-order valence-corrected chi connectivity index (χ1v) is 14.0. The van der Waals surface area contributed by atoms with E-state index in [1.54, 1.807) is 0 Å². The summed E-state index contributed by atoms with van der Waals surface area (Å²) in [6.45, 7) is 10.2. The highest BCUT2D eigenvalue weighted by molar-refractivity contribution is 5.86. The molecule has 194 valence electrons. The third kappa shape index (κ3) is 3.49. The van der Waals surface area contributed by atoms with E-state index in [2.05, 4.69) is 12.7 Å². The zero-order chi connectivity index (χ0) is 25.5. The Morgan fingerprint density at radius 3 is 2.22 bits per heavy atom. The molecule has 6 rings (SSSR count). The van der Waals surface area contributed by atoms with Crippen LogP contribution in [-0.2, 0) is 28.7 Å². The number of esters is 2. The minimum Gasteiger partial charge on any atom is -0.461 e. The van der Waals surface area contributed by atoms with Crippen molar-refractivity contribution in [3.63, 3.8) is 0 Å². The average Bonchev–Trinajstić information content (AvgIpc) is 3.52. The molecule has 36 heavy (non-hydrogen) atoms. The second-order valence-electron chi connectivity index (χ2n) is 12.6. The lowest BCUT2D eigenvalue weighted by atomic mass is 9.75. The van der Waals surface area contributed by atoms with Gasteiger partial charge < -0.3 is 9.47 Å². The maximum absolute atomic E-state index is 13.3. The first-order valence-electron chi connectivity index (χ1n) is 14.0. The number of ether oxygens (including phenoxy) is 2. The number of rotatable bonds is 2. The van der Waals surface area contributed by atoms with Crippen LogP contribution in [0.3, 0.4) is 0 Å². The van der Waals surface area contributed by atoms with Gasteiger partial charge in [-0.25, -0.2) is 0 Å². The van der Waals surface area contributed by atoms with Gasteiger partial charge in [0.15, 0.2) is 0 Å². The van der Waals surface area contributed by atoms with Gasteiger partial charge in [0.2, 0.25) is 0 Å². The van der Waals surface area contributed by atoms with Crippen LogP contribution in [-0.4, -0.2) is 35.7 Å². The predicted octanol–water partition coefficient (Wildman–Crippen LogP) is 4.46. The fourth-order valence-electron chi connectivity index (χ4n) is 8.83. The van der Waals surface area contributed by atoms with E-state index < -0.39 is 0 Å². The van der Waals surface area contributed by atoms with Crippen LogP contribution in [0.4, 0.5) is 0 Å². The zero-order valence-corrected chi connectivity index (χ0v) is 21.6. The van der Waals surface area contributed by atoms with Gasteiger partial charge in [-0.1, -0.05) is 44.6 Å². The number of fused-ring (bicyclic) bond motifs is 6. The molecule has 0 bridgehead atoms. The maximum atomic E-state index is 13.3. The van der Waals surface area contributed by atoms with Gasteiger partial charge >= 0.3 is 11.9 Å². The molecule has 0 radical (unpaired) electrons. The Morgan fingerprint density at radius 1 is 0.806 bits per heavy atom. The molecule has 6 fully saturated rings. The van der Waals surface area contributed by atoms with Crippen molar-refractivity contribution in [1.82, 2.24) is 0 Å². The SMILES string of the molecule is C=C1CC[C@H]2[C@@H](OC(=O)[C@@H]2C)[C@H]2[C@@H]1CC(=O)[C@@H]2C/C=C1\CC[C@@H]2[C@H]1[C@H]1OC(=O)[C@@H](C)[C@@H]1CC(=O)[C@@H]2C. The summed E-state index contributed by atoms with van der Waals surface area (Å²) in [7, 11) is 0. The fraction of sp³-hybridized carbons (Fsp3) is 0.733. The van der Waals surface area contributed by atoms with Crippen molar-refractivity contribution in [2.24, 2.45) is 59.2 Å². The van der Waals surface area contributed by atoms with Crippen LogP contribution in [0.25, 0.3) is 0 Å². The topological polar surface area (TPSA) is 86.7 Å². The summed E-state index contributed by atoms with van der Waals surface area (Å²) in [5, 5.41) is 0. The number of hydrogen-bond donors (Lipinski definition) is 0. The highest BCUT2D eigenvalue weighted by Gasteiger charge is 2.57. The van der Waals surface area contributed by atoms with Gasteiger partial charge in [0.1, 0.15) is 23.8 Å². The van der Waals surface area contributed by atoms with Crippen molar-refractivity contribution in [1.29, 1.82) is 0 Å². The highest BCUT2D eigenvalue weighted by atomic mass is 16.6. The highest BCUT2D eigenvalue weighted by Crippen LogP contribution is 2.55. The molecule has 2 saturated heterocycles. The number of hydrogen-bond acceptors (Lipinski definition) is 6. The molecule has 4 saturated carbocycles. The molecule has 6 aliphatic rings. The van der Waals surface area contributed by atoms with Crippen molar-refractivity contribution in [3.8, 4) is 0 Å². The van der Waals surface area contributed by atoms with Gasteiger partial charge in [-0.15, -0.1) is 0 Å². The standard InChI is InChI=1S/C30H38O6/c1-13-5-8-19-15(3)29(33)35-27(19)26-20(24(32)11-21(13)26)10-7-17-6-9-18-14(2)23(31)12-22-16(4)30(34)36-28(22)25(17)18/h7,14-16,18-22,25-28H,1,5-6,8-12H2,2-4H3/b17-7+/t14-,15-,16+,18+,19-,20+,21-,22+,25+,26-,27-,28+/m1/s1. The molecule has 0 aromatic carbocycles. The van der Waals surface area contributed by atoms with Gasteiger partial charge in [-0.05, 0) is 43.9 Å². The van der Waals surface area contributed by atoms with E-state index in [4.69, 9.17) is 9.47 Å². The quantitative estimate of drug-likeness (QED) is 0.416. The van der Waals surface area contributed by atoms with Gasteiger partial charge in [-0.3, -0.25) is 19.2 Å². The zero-order valence-electron chi connectivity index (χ0n) is 21.6. The second-order valence-corrected chi connectivity index (χ2v) is 12.6. The largest absolute Gasteiger partial charge is 0.461 e. The van der Waals surface area contributed by atoms with E-state index in [1.165, 1.54) is 5.57 Å². The van der Waals surface area contributed by atoms with Gasteiger partial charge in [0, 0.05) is 48.3 Å². The lowest BCUT2D eigenvalue weighted by Crippen LogP contribution is -2.34. The van der Waals surface area contributed by atoms with Gasteiger partial charge in [0.05, 0.1) is 11.8 Å². The van der Waals surface area contributed by atoms with Crippen LogP contribution in [0.1, 0.15) is 65.7 Å². The summed E-state index contributed by atoms with van der Waals surface area (Å²) in [4.78, 5) is 51.3. The molecule has 0 N–H and O–H groups in total. The molecular weight excluding hydrogens is 456 g/mol. The Morgan fingerprint density at radius 2 is 1.47 bits per heavy atom. The summed E-state index contributed by atoms with van der Waals surface area (Å²) in [6, 6.07) is 0. The van der Waals surface area contributed by atoms with E-state index in [0.29, 0.717) is 19.3 Å². The molecule has 0 aromatic heterocycles. The number of ketones is 2. The first kappa shape index (κ1) is 24.1. The second kappa shape index (κ2) is 8.66. The van der Waals surface area contributed by atoms with Crippen molar-refractivity contribution in [2.75, 3.05) is 0 Å². The molecule has 12 atom stereocenters. The average molecular weight is 495 g/mol. The van der Waals surface area contributed by atoms with E-state index in [-0.39, 0.29) is 94.9 Å². The molecule has 2 heterocycles. The summed E-state index contributed by atoms with van der Waals surface area (Å²) >= 11 is 0. The van der Waals surface area contributed by atoms with E-state index in [9.17, 15) is 19.2 Å². The van der Waals surface area contributed by atoms with Crippen LogP contribution in [0, 0.1) is 59.2 Å².